The molecule has 13 heteroatoms. The molecule has 4 atom stereocenters. The van der Waals surface area contributed by atoms with Gasteiger partial charge in [-0.05, 0) is 62.4 Å². The van der Waals surface area contributed by atoms with Crippen LogP contribution >= 0.6 is 0 Å². The predicted molar refractivity (Wildman–Crippen MR) is 173 cm³/mol. The Kier molecular flexibility index (Phi) is 12.6. The number of aryl methyl sites for hydroxylation is 3. The second-order valence-corrected chi connectivity index (χ2v) is 12.4. The van der Waals surface area contributed by atoms with Crippen molar-refractivity contribution in [2.45, 2.75) is 63.3 Å². The number of carboxylic acid groups (broad SMARTS) is 1. The number of anilines is 1. The lowest BCUT2D eigenvalue weighted by molar-refractivity contribution is -0.139. The second kappa shape index (κ2) is 16.8. The minimum absolute atomic E-state index is 0.0164. The lowest BCUT2D eigenvalue weighted by Crippen LogP contribution is -2.41. The molecule has 4 N–H and O–H groups in total. The minimum Gasteiger partial charge on any atom is -0.480 e. The molecule has 2 heterocycles. The molecule has 1 aliphatic rings. The first kappa shape index (κ1) is 34.5. The van der Waals surface area contributed by atoms with E-state index in [1.54, 1.807) is 11.1 Å². The van der Waals surface area contributed by atoms with Crippen molar-refractivity contribution in [3.63, 3.8) is 0 Å². The maximum Gasteiger partial charge on any atom is 0.410 e. The van der Waals surface area contributed by atoms with Gasteiger partial charge in [-0.15, -0.1) is 0 Å². The molecule has 0 spiro atoms. The third-order valence-corrected chi connectivity index (χ3v) is 9.06. The summed E-state index contributed by atoms with van der Waals surface area (Å²) < 4.78 is 27.1. The summed E-state index contributed by atoms with van der Waals surface area (Å²) in [5, 5.41) is 15.6. The van der Waals surface area contributed by atoms with Crippen molar-refractivity contribution in [2.75, 3.05) is 31.6 Å². The standard InChI is InChI=1S/C33H41N5O7S/c1-22-15-23(2)31(24(3)16-22)46(43)37-28(32(40)41)12-14-35-30(39)21-44-27-17-26(18-36-29-11-7-8-13-34-29)38(19-27)33(42)45-20-25-9-5-4-6-10-25/h4-11,13,15-16,26-28,37H,12,14,17-21H2,1-3H3,(H,34,36)(H,35,39)(H,40,41)/t26-,27+,28-,46?/m0/s1. The first-order valence-corrected chi connectivity index (χ1v) is 16.2. The Labute approximate surface area is 271 Å². The van der Waals surface area contributed by atoms with Gasteiger partial charge in [0.05, 0.1) is 23.6 Å². The number of hydrogen-bond acceptors (Lipinski definition) is 8. The number of rotatable bonds is 15. The maximum absolute atomic E-state index is 13.1. The first-order chi connectivity index (χ1) is 22.1. The largest absolute Gasteiger partial charge is 0.480 e. The molecule has 4 rings (SSSR count). The number of aliphatic carboxylic acids is 1. The van der Waals surface area contributed by atoms with Gasteiger partial charge in [0.1, 0.15) is 36.1 Å². The molecular formula is C33H41N5O7S. The van der Waals surface area contributed by atoms with Gasteiger partial charge in [0, 0.05) is 19.3 Å². The second-order valence-electron chi connectivity index (χ2n) is 11.3. The molecule has 1 unspecified atom stereocenters. The van der Waals surface area contributed by atoms with Gasteiger partial charge in [-0.1, -0.05) is 54.1 Å². The highest BCUT2D eigenvalue weighted by Gasteiger charge is 2.37. The number of nitrogens with zero attached hydrogens (tertiary/aromatic N) is 2. The SMILES string of the molecule is Cc1cc(C)c(S(=O)N[C@@H](CCNC(=O)CO[C@@H]2C[C@@H](CNc3ccccn3)N(C(=O)OCc3ccccc3)C2)C(=O)O)c(C)c1. The summed E-state index contributed by atoms with van der Waals surface area (Å²) >= 11 is 0. The lowest BCUT2D eigenvalue weighted by atomic mass is 10.1. The first-order valence-electron chi connectivity index (χ1n) is 15.1. The molecule has 2 aromatic carbocycles. The number of likely N-dealkylation sites (tertiary alicyclic amines) is 1. The van der Waals surface area contributed by atoms with Crippen molar-refractivity contribution in [2.24, 2.45) is 0 Å². The molecule has 1 aromatic heterocycles. The van der Waals surface area contributed by atoms with Crippen LogP contribution in [0.4, 0.5) is 10.6 Å². The number of carbonyl (C=O) groups excluding carboxylic acids is 2. The molecule has 0 radical (unpaired) electrons. The number of pyridine rings is 1. The smallest absolute Gasteiger partial charge is 0.410 e. The van der Waals surface area contributed by atoms with E-state index in [0.717, 1.165) is 22.3 Å². The molecule has 0 aliphatic carbocycles. The van der Waals surface area contributed by atoms with Crippen molar-refractivity contribution in [3.8, 4) is 0 Å². The van der Waals surface area contributed by atoms with Gasteiger partial charge in [0.15, 0.2) is 0 Å². The van der Waals surface area contributed by atoms with E-state index < -0.39 is 41.1 Å². The summed E-state index contributed by atoms with van der Waals surface area (Å²) in [6.45, 7) is 6.17. The summed E-state index contributed by atoms with van der Waals surface area (Å²) in [5.41, 5.74) is 3.51. The van der Waals surface area contributed by atoms with E-state index in [4.69, 9.17) is 9.47 Å². The number of aromatic nitrogens is 1. The molecule has 246 valence electrons. The van der Waals surface area contributed by atoms with E-state index in [1.807, 2.05) is 81.4 Å². The number of carbonyl (C=O) groups is 3. The van der Waals surface area contributed by atoms with E-state index in [9.17, 15) is 23.7 Å². The lowest BCUT2D eigenvalue weighted by Gasteiger charge is -2.24. The van der Waals surface area contributed by atoms with Crippen LogP contribution in [-0.2, 0) is 36.7 Å². The van der Waals surface area contributed by atoms with Crippen molar-refractivity contribution < 1.29 is 33.2 Å². The van der Waals surface area contributed by atoms with Crippen molar-refractivity contribution in [3.05, 3.63) is 89.1 Å². The molecule has 3 aromatic rings. The third kappa shape index (κ3) is 10.1. The van der Waals surface area contributed by atoms with E-state index in [-0.39, 0.29) is 38.8 Å². The molecule has 1 saturated heterocycles. The van der Waals surface area contributed by atoms with Gasteiger partial charge in [0.25, 0.3) is 0 Å². The Hall–Kier alpha value is -4.33. The summed E-state index contributed by atoms with van der Waals surface area (Å²) in [7, 11) is -1.74. The van der Waals surface area contributed by atoms with Gasteiger partial charge < -0.3 is 30.1 Å². The van der Waals surface area contributed by atoms with Crippen molar-refractivity contribution >= 4 is 34.8 Å². The van der Waals surface area contributed by atoms with Crippen molar-refractivity contribution in [1.29, 1.82) is 0 Å². The Bertz CT molecular complexity index is 1490. The Morgan fingerprint density at radius 3 is 2.46 bits per heavy atom. The molecule has 0 saturated carbocycles. The number of carboxylic acids is 1. The zero-order valence-electron chi connectivity index (χ0n) is 26.2. The normalized spacial score (nSPS) is 17.2. The highest BCUT2D eigenvalue weighted by atomic mass is 32.2. The summed E-state index contributed by atoms with van der Waals surface area (Å²) in [4.78, 5) is 43.9. The van der Waals surface area contributed by atoms with Crippen LogP contribution in [0.25, 0.3) is 0 Å². The third-order valence-electron chi connectivity index (χ3n) is 7.54. The molecule has 12 nitrogen and oxygen atoms in total. The Morgan fingerprint density at radius 1 is 1.07 bits per heavy atom. The summed E-state index contributed by atoms with van der Waals surface area (Å²) in [6.07, 6.45) is 1.27. The number of hydrogen-bond donors (Lipinski definition) is 4. The molecule has 1 aliphatic heterocycles. The van der Waals surface area contributed by atoms with Crippen LogP contribution in [0.2, 0.25) is 0 Å². The van der Waals surface area contributed by atoms with Gasteiger partial charge >= 0.3 is 12.1 Å². The molecule has 2 amide bonds. The number of ether oxygens (including phenoxy) is 2. The average molecular weight is 652 g/mol. The van der Waals surface area contributed by atoms with Crippen LogP contribution in [0.15, 0.2) is 71.8 Å². The quantitative estimate of drug-likeness (QED) is 0.193. The van der Waals surface area contributed by atoms with Gasteiger partial charge in [-0.25, -0.2) is 18.7 Å². The van der Waals surface area contributed by atoms with Crippen LogP contribution in [0.5, 0.6) is 0 Å². The molecule has 0 bridgehead atoms. The summed E-state index contributed by atoms with van der Waals surface area (Å²) in [6, 6.07) is 17.3. The van der Waals surface area contributed by atoms with E-state index >= 15 is 0 Å². The van der Waals surface area contributed by atoms with Crippen LogP contribution in [0, 0.1) is 20.8 Å². The number of nitrogens with one attached hydrogen (secondary N) is 3. The topological polar surface area (TPSA) is 159 Å². The van der Waals surface area contributed by atoms with Crippen LogP contribution in [0.3, 0.4) is 0 Å². The van der Waals surface area contributed by atoms with Crippen LogP contribution in [0.1, 0.15) is 35.1 Å². The van der Waals surface area contributed by atoms with Crippen molar-refractivity contribution in [1.82, 2.24) is 19.9 Å². The highest BCUT2D eigenvalue weighted by molar-refractivity contribution is 7.83. The zero-order valence-corrected chi connectivity index (χ0v) is 27.0. The van der Waals surface area contributed by atoms with E-state index in [2.05, 4.69) is 20.3 Å². The Morgan fingerprint density at radius 2 is 1.78 bits per heavy atom. The monoisotopic (exact) mass is 651 g/mol. The summed E-state index contributed by atoms with van der Waals surface area (Å²) in [5.74, 6) is -0.925. The van der Waals surface area contributed by atoms with Gasteiger partial charge in [0.2, 0.25) is 5.91 Å². The fraction of sp³-hybridized carbons (Fsp3) is 0.394. The fourth-order valence-corrected chi connectivity index (χ4v) is 6.68. The highest BCUT2D eigenvalue weighted by Crippen LogP contribution is 2.23. The molecule has 1 fully saturated rings. The Balaban J connectivity index is 1.26. The van der Waals surface area contributed by atoms with Crippen LogP contribution < -0.4 is 15.4 Å². The van der Waals surface area contributed by atoms with Gasteiger partial charge in [-0.2, -0.15) is 0 Å². The zero-order chi connectivity index (χ0) is 33.1. The molecular weight excluding hydrogens is 610 g/mol. The maximum atomic E-state index is 13.1. The number of amides is 2. The predicted octanol–water partition coefficient (Wildman–Crippen LogP) is 3.49. The van der Waals surface area contributed by atoms with Crippen LogP contribution in [-0.4, -0.2) is 81.6 Å². The number of benzene rings is 2. The van der Waals surface area contributed by atoms with E-state index in [0.29, 0.717) is 23.7 Å². The fourth-order valence-electron chi connectivity index (χ4n) is 5.38. The van der Waals surface area contributed by atoms with Gasteiger partial charge in [-0.3, -0.25) is 9.59 Å². The van der Waals surface area contributed by atoms with E-state index in [1.165, 1.54) is 0 Å². The molecule has 46 heavy (non-hydrogen) atoms. The average Bonchev–Trinajstić information content (AvgIpc) is 3.45. The minimum atomic E-state index is -1.74.